The summed E-state index contributed by atoms with van der Waals surface area (Å²) in [6, 6.07) is 5.75. The molecule has 0 atom stereocenters. The molecule has 0 unspecified atom stereocenters. The van der Waals surface area contributed by atoms with Crippen LogP contribution in [0.2, 0.25) is 4.34 Å². The van der Waals surface area contributed by atoms with E-state index < -0.39 is 0 Å². The van der Waals surface area contributed by atoms with Crippen LogP contribution in [0.3, 0.4) is 0 Å². The Kier molecular flexibility index (Phi) is 3.13. The molecule has 0 saturated heterocycles. The third-order valence-corrected chi connectivity index (χ3v) is 2.68. The Hall–Kier alpha value is -1.20. The van der Waals surface area contributed by atoms with Gasteiger partial charge in [0, 0.05) is 11.5 Å². The first-order valence-electron chi connectivity index (χ1n) is 4.11. The first-order valence-corrected chi connectivity index (χ1v) is 5.26. The van der Waals surface area contributed by atoms with Crippen molar-refractivity contribution in [1.82, 2.24) is 9.59 Å². The molecule has 0 N–H and O–H groups in total. The fourth-order valence-corrected chi connectivity index (χ4v) is 1.57. The number of ether oxygens (including phenoxy) is 1. The van der Waals surface area contributed by atoms with E-state index in [2.05, 4.69) is 9.59 Å². The molecule has 0 bridgehead atoms. The van der Waals surface area contributed by atoms with Crippen LogP contribution in [0.5, 0.6) is 5.75 Å². The lowest BCUT2D eigenvalue weighted by Crippen LogP contribution is -1.96. The molecule has 6 heteroatoms. The van der Waals surface area contributed by atoms with Crippen LogP contribution >= 0.6 is 23.1 Å². The lowest BCUT2D eigenvalue weighted by molar-refractivity contribution is 0.301. The Balaban J connectivity index is 1.99. The first kappa shape index (κ1) is 10.3. The Morgan fingerprint density at radius 3 is 2.67 bits per heavy atom. The topological polar surface area (TPSA) is 35.0 Å². The Morgan fingerprint density at radius 2 is 2.07 bits per heavy atom. The van der Waals surface area contributed by atoms with Crippen molar-refractivity contribution in [2.45, 2.75) is 6.61 Å². The average Bonchev–Trinajstić information content (AvgIpc) is 2.63. The summed E-state index contributed by atoms with van der Waals surface area (Å²) in [7, 11) is 0. The lowest BCUT2D eigenvalue weighted by Gasteiger charge is -2.03. The van der Waals surface area contributed by atoms with Gasteiger partial charge < -0.3 is 4.74 Å². The fourth-order valence-electron chi connectivity index (χ4n) is 0.966. The second-order valence-corrected chi connectivity index (χ2v) is 4.09. The van der Waals surface area contributed by atoms with E-state index in [1.165, 1.54) is 12.1 Å². The number of rotatable bonds is 3. The number of hydrogen-bond acceptors (Lipinski definition) is 4. The van der Waals surface area contributed by atoms with Crippen LogP contribution in [0.15, 0.2) is 24.3 Å². The van der Waals surface area contributed by atoms with Crippen molar-refractivity contribution < 1.29 is 9.13 Å². The number of nitrogens with zero attached hydrogens (tertiary/aromatic N) is 2. The van der Waals surface area contributed by atoms with Gasteiger partial charge in [-0.25, -0.2) is 4.39 Å². The van der Waals surface area contributed by atoms with Crippen molar-refractivity contribution in [2.24, 2.45) is 0 Å². The van der Waals surface area contributed by atoms with E-state index in [1.54, 1.807) is 12.1 Å². The van der Waals surface area contributed by atoms with Gasteiger partial charge in [0.2, 0.25) is 0 Å². The van der Waals surface area contributed by atoms with Crippen LogP contribution in [0.25, 0.3) is 0 Å². The van der Waals surface area contributed by atoms with Crippen LogP contribution < -0.4 is 4.74 Å². The summed E-state index contributed by atoms with van der Waals surface area (Å²) in [5.41, 5.74) is 0.589. The molecule has 1 heterocycles. The minimum atomic E-state index is -0.296. The highest BCUT2D eigenvalue weighted by atomic mass is 35.5. The molecule has 1 aromatic carbocycles. The average molecular weight is 245 g/mol. The van der Waals surface area contributed by atoms with Gasteiger partial charge in [-0.1, -0.05) is 16.1 Å². The van der Waals surface area contributed by atoms with Crippen molar-refractivity contribution in [3.8, 4) is 5.75 Å². The number of benzene rings is 1. The molecule has 0 saturated carbocycles. The largest absolute Gasteiger partial charge is 0.487 e. The molecule has 0 spiro atoms. The Labute approximate surface area is 94.6 Å². The van der Waals surface area contributed by atoms with Gasteiger partial charge in [-0.15, -0.1) is 5.10 Å². The van der Waals surface area contributed by atoms with E-state index in [9.17, 15) is 4.39 Å². The third-order valence-electron chi connectivity index (χ3n) is 1.70. The SMILES string of the molecule is Fc1ccc(OCc2nnsc2Cl)cc1. The molecule has 2 rings (SSSR count). The standard InChI is InChI=1S/C9H6ClFN2OS/c10-9-8(12-13-15-9)5-14-7-3-1-6(11)2-4-7/h1-4H,5H2. The van der Waals surface area contributed by atoms with Crippen molar-refractivity contribution in [1.29, 1.82) is 0 Å². The number of aromatic nitrogens is 2. The predicted octanol–water partition coefficient (Wildman–Crippen LogP) is 2.91. The van der Waals surface area contributed by atoms with Gasteiger partial charge in [-0.05, 0) is 24.3 Å². The normalized spacial score (nSPS) is 10.3. The molecule has 0 aliphatic heterocycles. The van der Waals surface area contributed by atoms with E-state index in [-0.39, 0.29) is 12.4 Å². The zero-order valence-corrected chi connectivity index (χ0v) is 9.06. The van der Waals surface area contributed by atoms with Crippen molar-refractivity contribution in [3.63, 3.8) is 0 Å². The maximum atomic E-state index is 12.6. The van der Waals surface area contributed by atoms with Gasteiger partial charge >= 0.3 is 0 Å². The summed E-state index contributed by atoms with van der Waals surface area (Å²) in [4.78, 5) is 0. The number of hydrogen-bond donors (Lipinski definition) is 0. The highest BCUT2D eigenvalue weighted by Gasteiger charge is 2.05. The Bertz CT molecular complexity index is 446. The summed E-state index contributed by atoms with van der Waals surface area (Å²) in [5, 5.41) is 3.79. The van der Waals surface area contributed by atoms with Crippen molar-refractivity contribution in [3.05, 3.63) is 40.1 Å². The van der Waals surface area contributed by atoms with E-state index in [1.807, 2.05) is 0 Å². The molecule has 3 nitrogen and oxygen atoms in total. The molecule has 0 aliphatic rings. The smallest absolute Gasteiger partial charge is 0.141 e. The van der Waals surface area contributed by atoms with Gasteiger partial charge in [0.1, 0.15) is 28.2 Å². The molecule has 15 heavy (non-hydrogen) atoms. The minimum Gasteiger partial charge on any atom is -0.487 e. The number of halogens is 2. The van der Waals surface area contributed by atoms with Gasteiger partial charge in [0.05, 0.1) is 0 Å². The second-order valence-electron chi connectivity index (χ2n) is 2.74. The van der Waals surface area contributed by atoms with Crippen LogP contribution in [-0.4, -0.2) is 9.59 Å². The van der Waals surface area contributed by atoms with E-state index >= 15 is 0 Å². The van der Waals surface area contributed by atoms with E-state index in [4.69, 9.17) is 16.3 Å². The predicted molar refractivity (Wildman–Crippen MR) is 55.7 cm³/mol. The summed E-state index contributed by atoms with van der Waals surface area (Å²) >= 11 is 6.89. The zero-order valence-electron chi connectivity index (χ0n) is 7.48. The van der Waals surface area contributed by atoms with Gasteiger partial charge in [-0.2, -0.15) is 0 Å². The third kappa shape index (κ3) is 2.64. The molecule has 1 aromatic heterocycles. The quantitative estimate of drug-likeness (QED) is 0.833. The fraction of sp³-hybridized carbons (Fsp3) is 0.111. The highest BCUT2D eigenvalue weighted by Crippen LogP contribution is 2.19. The molecule has 78 valence electrons. The van der Waals surface area contributed by atoms with Crippen LogP contribution in [-0.2, 0) is 6.61 Å². The van der Waals surface area contributed by atoms with Gasteiger partial charge in [0.25, 0.3) is 0 Å². The molecule has 2 aromatic rings. The molecule has 0 amide bonds. The molecule has 0 radical (unpaired) electrons. The molecular formula is C9H6ClFN2OS. The summed E-state index contributed by atoms with van der Waals surface area (Å²) in [6.07, 6.45) is 0. The monoisotopic (exact) mass is 244 g/mol. The van der Waals surface area contributed by atoms with Crippen LogP contribution in [0, 0.1) is 5.82 Å². The maximum Gasteiger partial charge on any atom is 0.141 e. The van der Waals surface area contributed by atoms with E-state index in [0.29, 0.717) is 15.8 Å². The highest BCUT2D eigenvalue weighted by molar-refractivity contribution is 7.10. The van der Waals surface area contributed by atoms with Gasteiger partial charge in [-0.3, -0.25) is 0 Å². The summed E-state index contributed by atoms with van der Waals surface area (Å²) in [5.74, 6) is 0.274. The summed E-state index contributed by atoms with van der Waals surface area (Å²) in [6.45, 7) is 0.237. The summed E-state index contributed by atoms with van der Waals surface area (Å²) < 4.78 is 22.1. The van der Waals surface area contributed by atoms with Crippen molar-refractivity contribution in [2.75, 3.05) is 0 Å². The maximum absolute atomic E-state index is 12.6. The molecular weight excluding hydrogens is 239 g/mol. The zero-order chi connectivity index (χ0) is 10.7. The molecule has 0 fully saturated rings. The van der Waals surface area contributed by atoms with Crippen LogP contribution in [0.1, 0.15) is 5.69 Å². The van der Waals surface area contributed by atoms with Crippen LogP contribution in [0.4, 0.5) is 4.39 Å². The molecule has 0 aliphatic carbocycles. The Morgan fingerprint density at radius 1 is 1.33 bits per heavy atom. The second kappa shape index (κ2) is 4.55. The van der Waals surface area contributed by atoms with Gasteiger partial charge in [0.15, 0.2) is 0 Å². The first-order chi connectivity index (χ1) is 7.25. The lowest BCUT2D eigenvalue weighted by atomic mass is 10.3. The van der Waals surface area contributed by atoms with Crippen molar-refractivity contribution >= 4 is 23.1 Å². The van der Waals surface area contributed by atoms with E-state index in [0.717, 1.165) is 11.5 Å². The minimum absolute atomic E-state index is 0.237.